The molecule has 0 aliphatic rings. The summed E-state index contributed by atoms with van der Waals surface area (Å²) in [5.41, 5.74) is 0. The van der Waals surface area contributed by atoms with E-state index >= 15 is 0 Å². The SMILES string of the molecule is O.O=S(=O)([O-])Oc1ccccc1.[K+]. The van der Waals surface area contributed by atoms with Crippen LogP contribution in [0.1, 0.15) is 0 Å². The van der Waals surface area contributed by atoms with Crippen molar-refractivity contribution >= 4 is 10.4 Å². The van der Waals surface area contributed by atoms with Gasteiger partial charge in [-0.1, -0.05) is 18.2 Å². The molecular weight excluding hydrogens is 223 g/mol. The van der Waals surface area contributed by atoms with E-state index in [2.05, 4.69) is 4.18 Å². The molecule has 0 aromatic heterocycles. The summed E-state index contributed by atoms with van der Waals surface area (Å²) in [6.45, 7) is 0. The molecule has 7 heteroatoms. The molecule has 1 rings (SSSR count). The maximum Gasteiger partial charge on any atom is 1.00 e. The molecule has 13 heavy (non-hydrogen) atoms. The van der Waals surface area contributed by atoms with Crippen LogP contribution in [0.15, 0.2) is 30.3 Å². The second kappa shape index (κ2) is 6.90. The van der Waals surface area contributed by atoms with Gasteiger partial charge in [-0.05, 0) is 12.1 Å². The molecule has 0 unspecified atom stereocenters. The van der Waals surface area contributed by atoms with E-state index in [1.165, 1.54) is 12.1 Å². The van der Waals surface area contributed by atoms with E-state index in [0.717, 1.165) is 0 Å². The Bertz CT molecular complexity index is 322. The Labute approximate surface area is 119 Å². The molecule has 0 aliphatic heterocycles. The minimum Gasteiger partial charge on any atom is -0.716 e. The first-order valence-electron chi connectivity index (χ1n) is 2.78. The molecule has 0 saturated carbocycles. The Kier molecular flexibility index (Phi) is 8.48. The van der Waals surface area contributed by atoms with Crippen molar-refractivity contribution in [1.29, 1.82) is 0 Å². The van der Waals surface area contributed by atoms with Crippen LogP contribution >= 0.6 is 0 Å². The zero-order valence-corrected chi connectivity index (χ0v) is 10.9. The van der Waals surface area contributed by atoms with Crippen molar-refractivity contribution in [3.05, 3.63) is 30.3 Å². The van der Waals surface area contributed by atoms with Gasteiger partial charge < -0.3 is 14.2 Å². The van der Waals surface area contributed by atoms with E-state index in [-0.39, 0.29) is 62.6 Å². The molecule has 0 aliphatic carbocycles. The summed E-state index contributed by atoms with van der Waals surface area (Å²) in [4.78, 5) is 0. The van der Waals surface area contributed by atoms with E-state index in [0.29, 0.717) is 0 Å². The molecule has 0 heterocycles. The minimum absolute atomic E-state index is 0. The number of hydrogen-bond acceptors (Lipinski definition) is 4. The second-order valence-corrected chi connectivity index (χ2v) is 2.79. The third-order valence-corrected chi connectivity index (χ3v) is 1.34. The van der Waals surface area contributed by atoms with Gasteiger partial charge in [-0.2, -0.15) is 0 Å². The fourth-order valence-electron chi connectivity index (χ4n) is 0.594. The van der Waals surface area contributed by atoms with Gasteiger partial charge in [0, 0.05) is 0 Å². The molecule has 1 aromatic carbocycles. The van der Waals surface area contributed by atoms with Gasteiger partial charge in [0.25, 0.3) is 10.4 Å². The summed E-state index contributed by atoms with van der Waals surface area (Å²) in [6.07, 6.45) is 0. The predicted molar refractivity (Wildman–Crippen MR) is 40.4 cm³/mol. The normalized spacial score (nSPS) is 9.31. The summed E-state index contributed by atoms with van der Waals surface area (Å²) in [7, 11) is -4.63. The largest absolute Gasteiger partial charge is 1.00 e. The maximum atomic E-state index is 10.0. The van der Waals surface area contributed by atoms with E-state index < -0.39 is 10.4 Å². The first-order chi connectivity index (χ1) is 5.08. The van der Waals surface area contributed by atoms with Crippen molar-refractivity contribution in [3.8, 4) is 5.75 Å². The Balaban J connectivity index is 0. The van der Waals surface area contributed by atoms with E-state index in [4.69, 9.17) is 0 Å². The summed E-state index contributed by atoms with van der Waals surface area (Å²) < 4.78 is 34.1. The number of benzene rings is 1. The van der Waals surface area contributed by atoms with Crippen molar-refractivity contribution < 1.29 is 74.0 Å². The number of hydrogen-bond donors (Lipinski definition) is 0. The Morgan fingerprint density at radius 1 is 1.15 bits per heavy atom. The van der Waals surface area contributed by atoms with Gasteiger partial charge in [-0.3, -0.25) is 0 Å². The van der Waals surface area contributed by atoms with Gasteiger partial charge in [0.05, 0.1) is 0 Å². The second-order valence-electron chi connectivity index (χ2n) is 1.80. The van der Waals surface area contributed by atoms with Gasteiger partial charge in [0.2, 0.25) is 0 Å². The molecule has 68 valence electrons. The average Bonchev–Trinajstić information content (AvgIpc) is 1.85. The molecule has 0 fully saturated rings. The molecule has 5 nitrogen and oxygen atoms in total. The van der Waals surface area contributed by atoms with Crippen molar-refractivity contribution in [1.82, 2.24) is 0 Å². The third-order valence-electron chi connectivity index (χ3n) is 0.941. The molecule has 1 aromatic rings. The quantitative estimate of drug-likeness (QED) is 0.302. The summed E-state index contributed by atoms with van der Waals surface area (Å²) in [6, 6.07) is 7.59. The zero-order chi connectivity index (χ0) is 8.32. The van der Waals surface area contributed by atoms with E-state index in [1.807, 2.05) is 0 Å². The Morgan fingerprint density at radius 2 is 1.62 bits per heavy atom. The summed E-state index contributed by atoms with van der Waals surface area (Å²) in [5.74, 6) is 0.0301. The van der Waals surface area contributed by atoms with E-state index in [1.54, 1.807) is 18.2 Å². The average molecular weight is 230 g/mol. The van der Waals surface area contributed by atoms with Crippen LogP contribution in [-0.4, -0.2) is 18.4 Å². The Hall–Kier alpha value is 0.526. The van der Waals surface area contributed by atoms with E-state index in [9.17, 15) is 13.0 Å². The van der Waals surface area contributed by atoms with Gasteiger partial charge in [0.15, 0.2) is 0 Å². The molecule has 0 radical (unpaired) electrons. The molecular formula is C6H7KO5S. The van der Waals surface area contributed by atoms with Gasteiger partial charge >= 0.3 is 51.4 Å². The summed E-state index contributed by atoms with van der Waals surface area (Å²) >= 11 is 0. The topological polar surface area (TPSA) is 97.9 Å². The van der Waals surface area contributed by atoms with Crippen molar-refractivity contribution in [2.45, 2.75) is 0 Å². The summed E-state index contributed by atoms with van der Waals surface area (Å²) in [5, 5.41) is 0. The molecule has 0 amide bonds. The fourth-order valence-corrected chi connectivity index (χ4v) is 0.941. The maximum absolute atomic E-state index is 10.0. The van der Waals surface area contributed by atoms with Crippen LogP contribution in [0.4, 0.5) is 0 Å². The smallest absolute Gasteiger partial charge is 0.716 e. The number of rotatable bonds is 2. The fraction of sp³-hybridized carbons (Fsp3) is 0. The van der Waals surface area contributed by atoms with Crippen molar-refractivity contribution in [2.24, 2.45) is 0 Å². The van der Waals surface area contributed by atoms with Crippen LogP contribution < -0.4 is 55.6 Å². The minimum atomic E-state index is -4.63. The predicted octanol–water partition coefficient (Wildman–Crippen LogP) is -3.30. The number of para-hydroxylation sites is 1. The van der Waals surface area contributed by atoms with Crippen molar-refractivity contribution in [2.75, 3.05) is 0 Å². The van der Waals surface area contributed by atoms with Crippen LogP contribution in [0.2, 0.25) is 0 Å². The van der Waals surface area contributed by atoms with Crippen LogP contribution in [0, 0.1) is 0 Å². The zero-order valence-electron chi connectivity index (χ0n) is 6.93. The molecule has 0 atom stereocenters. The third kappa shape index (κ3) is 7.59. The van der Waals surface area contributed by atoms with Crippen LogP contribution in [0.5, 0.6) is 5.75 Å². The van der Waals surface area contributed by atoms with Crippen molar-refractivity contribution in [3.63, 3.8) is 0 Å². The molecule has 0 spiro atoms. The van der Waals surface area contributed by atoms with Crippen LogP contribution in [-0.2, 0) is 10.4 Å². The Morgan fingerprint density at radius 3 is 2.00 bits per heavy atom. The van der Waals surface area contributed by atoms with Crippen LogP contribution in [0.3, 0.4) is 0 Å². The standard InChI is InChI=1S/C6H6O4S.K.H2O/c7-11(8,9)10-6-4-2-1-3-5-6;;/h1-5H,(H,7,8,9);;1H2/q;+1;/p-1. The molecule has 0 saturated heterocycles. The van der Waals surface area contributed by atoms with Gasteiger partial charge in [-0.15, -0.1) is 0 Å². The molecule has 2 N–H and O–H groups in total. The molecule has 0 bridgehead atoms. The first kappa shape index (κ1) is 16.0. The first-order valence-corrected chi connectivity index (χ1v) is 4.11. The van der Waals surface area contributed by atoms with Gasteiger partial charge in [0.1, 0.15) is 5.75 Å². The van der Waals surface area contributed by atoms with Crippen LogP contribution in [0.25, 0.3) is 0 Å². The van der Waals surface area contributed by atoms with Gasteiger partial charge in [-0.25, -0.2) is 8.42 Å². The monoisotopic (exact) mass is 230 g/mol.